The van der Waals surface area contributed by atoms with Crippen LogP contribution in [0.2, 0.25) is 10.0 Å². The van der Waals surface area contributed by atoms with Crippen LogP contribution in [0, 0.1) is 0 Å². The lowest BCUT2D eigenvalue weighted by Crippen LogP contribution is -2.56. The van der Waals surface area contributed by atoms with E-state index in [2.05, 4.69) is 22.9 Å². The fourth-order valence-corrected chi connectivity index (χ4v) is 5.03. The molecule has 0 heterocycles. The van der Waals surface area contributed by atoms with Crippen molar-refractivity contribution in [2.75, 3.05) is 5.32 Å². The zero-order valence-corrected chi connectivity index (χ0v) is 26.4. The van der Waals surface area contributed by atoms with Gasteiger partial charge in [-0.1, -0.05) is 161 Å². The van der Waals surface area contributed by atoms with E-state index in [0.717, 1.165) is 19.3 Å². The van der Waals surface area contributed by atoms with Gasteiger partial charge in [-0.3, -0.25) is 4.79 Å². The number of unbranched alkanes of at least 4 members (excludes halogenated alkanes) is 14. The Kier molecular flexibility index (Phi) is 19.5. The number of hydrogen-bond donors (Lipinski definition) is 3. The van der Waals surface area contributed by atoms with E-state index in [1.807, 2.05) is 0 Å². The fourth-order valence-electron chi connectivity index (χ4n) is 3.99. The van der Waals surface area contributed by atoms with Gasteiger partial charge >= 0.3 is 0 Å². The second-order valence-corrected chi connectivity index (χ2v) is 13.0. The highest BCUT2D eigenvalue weighted by atomic mass is 35.6. The Hall–Kier alpha value is -0.170. The Morgan fingerprint density at radius 1 is 0.784 bits per heavy atom. The number of para-hydroxylation sites is 1. The number of halogens is 5. The van der Waals surface area contributed by atoms with Crippen LogP contribution in [0.5, 0.6) is 0 Å². The van der Waals surface area contributed by atoms with Crippen molar-refractivity contribution in [2.24, 2.45) is 0 Å². The van der Waals surface area contributed by atoms with Crippen molar-refractivity contribution in [3.63, 3.8) is 0 Å². The monoisotopic (exact) mass is 631 g/mol. The molecule has 4 nitrogen and oxygen atoms in total. The minimum atomic E-state index is -1.82. The molecule has 1 aromatic rings. The molecule has 0 radical (unpaired) electrons. The Morgan fingerprint density at radius 3 is 1.65 bits per heavy atom. The van der Waals surface area contributed by atoms with Gasteiger partial charge in [0, 0.05) is 6.42 Å². The molecular formula is C27H42Cl5N3OS. The molecule has 0 bridgehead atoms. The molecule has 1 rings (SSSR count). The summed E-state index contributed by atoms with van der Waals surface area (Å²) in [4.78, 5) is 12.4. The number of carbonyl (C=O) groups excluding carboxylic acids is 1. The maximum absolute atomic E-state index is 12.4. The first-order valence-corrected chi connectivity index (χ1v) is 15.8. The molecule has 0 unspecified atom stereocenters. The summed E-state index contributed by atoms with van der Waals surface area (Å²) < 4.78 is -1.82. The number of alkyl halides is 3. The molecule has 0 aromatic heterocycles. The third-order valence-electron chi connectivity index (χ3n) is 6.12. The van der Waals surface area contributed by atoms with Gasteiger partial charge in [-0.15, -0.1) is 0 Å². The molecule has 0 fully saturated rings. The van der Waals surface area contributed by atoms with E-state index in [-0.39, 0.29) is 11.0 Å². The van der Waals surface area contributed by atoms with Gasteiger partial charge in [0.05, 0.1) is 15.7 Å². The van der Waals surface area contributed by atoms with E-state index in [1.165, 1.54) is 77.0 Å². The van der Waals surface area contributed by atoms with Gasteiger partial charge in [-0.2, -0.15) is 0 Å². The Morgan fingerprint density at radius 2 is 1.22 bits per heavy atom. The lowest BCUT2D eigenvalue weighted by Gasteiger charge is -2.28. The van der Waals surface area contributed by atoms with Gasteiger partial charge in [-0.05, 0) is 30.8 Å². The van der Waals surface area contributed by atoms with Crippen LogP contribution in [0.25, 0.3) is 0 Å². The summed E-state index contributed by atoms with van der Waals surface area (Å²) in [6, 6.07) is 5.06. The third-order valence-corrected chi connectivity index (χ3v) is 7.62. The van der Waals surface area contributed by atoms with E-state index in [4.69, 9.17) is 70.2 Å². The Labute approximate surface area is 254 Å². The summed E-state index contributed by atoms with van der Waals surface area (Å²) in [6.45, 7) is 2.26. The molecule has 212 valence electrons. The summed E-state index contributed by atoms with van der Waals surface area (Å²) in [5.41, 5.74) is 0.426. The molecular weight excluding hydrogens is 592 g/mol. The van der Waals surface area contributed by atoms with Crippen LogP contribution < -0.4 is 16.0 Å². The van der Waals surface area contributed by atoms with Crippen molar-refractivity contribution in [1.29, 1.82) is 0 Å². The molecule has 0 aliphatic rings. The van der Waals surface area contributed by atoms with Gasteiger partial charge < -0.3 is 16.0 Å². The molecule has 3 N–H and O–H groups in total. The second-order valence-electron chi connectivity index (χ2n) is 9.44. The maximum atomic E-state index is 12.4. The average molecular weight is 634 g/mol. The zero-order valence-electron chi connectivity index (χ0n) is 21.8. The van der Waals surface area contributed by atoms with Crippen molar-refractivity contribution in [3.8, 4) is 0 Å². The van der Waals surface area contributed by atoms with Gasteiger partial charge in [-0.25, -0.2) is 0 Å². The predicted octanol–water partition coefficient (Wildman–Crippen LogP) is 10.4. The number of thiocarbonyl (C=S) groups is 1. The second kappa shape index (κ2) is 20.7. The van der Waals surface area contributed by atoms with Crippen LogP contribution in [-0.2, 0) is 4.79 Å². The van der Waals surface area contributed by atoms with Crippen LogP contribution in [0.4, 0.5) is 5.69 Å². The molecule has 0 aliphatic carbocycles. The molecule has 0 aliphatic heterocycles. The largest absolute Gasteiger partial charge is 0.339 e. The van der Waals surface area contributed by atoms with Crippen LogP contribution in [-0.4, -0.2) is 21.0 Å². The number of amides is 1. The lowest BCUT2D eigenvalue weighted by molar-refractivity contribution is -0.122. The number of anilines is 1. The molecule has 1 atom stereocenters. The van der Waals surface area contributed by atoms with E-state index in [9.17, 15) is 4.79 Å². The highest BCUT2D eigenvalue weighted by Crippen LogP contribution is 2.31. The Bertz CT molecular complexity index is 772. The first kappa shape index (κ1) is 34.9. The van der Waals surface area contributed by atoms with Crippen molar-refractivity contribution in [2.45, 2.75) is 120 Å². The van der Waals surface area contributed by atoms with Crippen molar-refractivity contribution in [3.05, 3.63) is 28.2 Å². The van der Waals surface area contributed by atoms with E-state index in [1.54, 1.807) is 18.2 Å². The van der Waals surface area contributed by atoms with E-state index in [0.29, 0.717) is 22.2 Å². The standard InChI is InChI=1S/C27H42Cl5N3OS/c1-2-3-4-5-6-7-8-9-10-11-12-13-14-15-16-20-23(36)33-25(27(30,31)32)35-26(37)34-24-21(28)18-17-19-22(24)29/h17-19,25H,2-16,20H2,1H3,(H,33,36)(H2,34,35,37)/t25-/m1/s1. The molecule has 0 saturated heterocycles. The smallest absolute Gasteiger partial charge is 0.228 e. The first-order chi connectivity index (χ1) is 17.6. The highest BCUT2D eigenvalue weighted by Gasteiger charge is 2.34. The molecule has 37 heavy (non-hydrogen) atoms. The van der Waals surface area contributed by atoms with Crippen LogP contribution in [0.15, 0.2) is 18.2 Å². The normalized spacial score (nSPS) is 12.3. The van der Waals surface area contributed by atoms with Gasteiger partial charge in [0.2, 0.25) is 9.70 Å². The molecule has 10 heteroatoms. The average Bonchev–Trinajstić information content (AvgIpc) is 2.83. The van der Waals surface area contributed by atoms with Gasteiger partial charge in [0.25, 0.3) is 0 Å². The fraction of sp³-hybridized carbons (Fsp3) is 0.704. The summed E-state index contributed by atoms with van der Waals surface area (Å²) in [5.74, 6) is -0.211. The first-order valence-electron chi connectivity index (χ1n) is 13.5. The topological polar surface area (TPSA) is 53.2 Å². The van der Waals surface area contributed by atoms with Crippen molar-refractivity contribution < 1.29 is 4.79 Å². The van der Waals surface area contributed by atoms with Gasteiger partial charge in [0.15, 0.2) is 5.11 Å². The number of hydrogen-bond acceptors (Lipinski definition) is 2. The van der Waals surface area contributed by atoms with E-state index < -0.39 is 9.96 Å². The number of nitrogens with one attached hydrogen (secondary N) is 3. The highest BCUT2D eigenvalue weighted by molar-refractivity contribution is 7.80. The third kappa shape index (κ3) is 17.2. The summed E-state index contributed by atoms with van der Waals surface area (Å²) in [7, 11) is 0. The SMILES string of the molecule is CCCCCCCCCCCCCCCCCC(=O)N[C@H](NC(=S)Nc1c(Cl)cccc1Cl)C(Cl)(Cl)Cl. The van der Waals surface area contributed by atoms with E-state index >= 15 is 0 Å². The molecule has 1 aromatic carbocycles. The minimum absolute atomic E-state index is 0.110. The zero-order chi connectivity index (χ0) is 27.5. The minimum Gasteiger partial charge on any atom is -0.339 e. The summed E-state index contributed by atoms with van der Waals surface area (Å²) >= 11 is 35.8. The number of rotatable bonds is 19. The van der Waals surface area contributed by atoms with Crippen LogP contribution in [0.1, 0.15) is 110 Å². The summed E-state index contributed by atoms with van der Waals surface area (Å²) in [5, 5.41) is 9.30. The summed E-state index contributed by atoms with van der Waals surface area (Å²) in [6.07, 6.45) is 18.4. The quantitative estimate of drug-likeness (QED) is 0.0614. The maximum Gasteiger partial charge on any atom is 0.228 e. The molecule has 0 saturated carbocycles. The molecule has 1 amide bonds. The van der Waals surface area contributed by atoms with Crippen LogP contribution in [0.3, 0.4) is 0 Å². The Balaban J connectivity index is 2.17. The predicted molar refractivity (Wildman–Crippen MR) is 168 cm³/mol. The van der Waals surface area contributed by atoms with Crippen molar-refractivity contribution >= 4 is 86.9 Å². The van der Waals surface area contributed by atoms with Gasteiger partial charge in [0.1, 0.15) is 6.17 Å². The number of benzene rings is 1. The molecule has 0 spiro atoms. The van der Waals surface area contributed by atoms with Crippen molar-refractivity contribution in [1.82, 2.24) is 10.6 Å². The van der Waals surface area contributed by atoms with Crippen LogP contribution >= 0.6 is 70.2 Å². The number of carbonyl (C=O) groups is 1. The lowest BCUT2D eigenvalue weighted by atomic mass is 10.0.